The SMILES string of the molecule is COc1ccc(C(=O)NN)cc1-c1c(C)cc(C)c(-c2cc(C(=O)NN)ccc2OC)c1C. The molecule has 172 valence electrons. The molecule has 3 rings (SSSR count). The standard InChI is InChI=1S/C25H28N4O4/c1-13-10-14(2)23(19-12-17(25(31)29-27)7-9-21(19)33-5)15(3)22(13)18-11-16(24(30)28-26)6-8-20(18)32-4/h6-12H,26-27H2,1-5H3,(H,28,30)(H,29,31). The highest BCUT2D eigenvalue weighted by molar-refractivity contribution is 5.98. The fourth-order valence-electron chi connectivity index (χ4n) is 4.27. The first-order valence-corrected chi connectivity index (χ1v) is 10.3. The second kappa shape index (κ2) is 9.72. The third kappa shape index (κ3) is 4.39. The van der Waals surface area contributed by atoms with Gasteiger partial charge in [0.15, 0.2) is 0 Å². The van der Waals surface area contributed by atoms with Gasteiger partial charge in [0.1, 0.15) is 11.5 Å². The van der Waals surface area contributed by atoms with Crippen molar-refractivity contribution in [3.8, 4) is 33.8 Å². The van der Waals surface area contributed by atoms with Gasteiger partial charge in [-0.1, -0.05) is 6.07 Å². The lowest BCUT2D eigenvalue weighted by Gasteiger charge is -2.21. The molecule has 0 unspecified atom stereocenters. The number of carbonyl (C=O) groups excluding carboxylic acids is 2. The van der Waals surface area contributed by atoms with E-state index < -0.39 is 11.8 Å². The Morgan fingerprint density at radius 2 is 1.09 bits per heavy atom. The van der Waals surface area contributed by atoms with Crippen molar-refractivity contribution in [1.82, 2.24) is 10.9 Å². The molecular formula is C25H28N4O4. The van der Waals surface area contributed by atoms with Crippen LogP contribution in [0.5, 0.6) is 11.5 Å². The highest BCUT2D eigenvalue weighted by atomic mass is 16.5. The summed E-state index contributed by atoms with van der Waals surface area (Å²) in [6.45, 7) is 6.00. The van der Waals surface area contributed by atoms with Crippen LogP contribution in [0.2, 0.25) is 0 Å². The third-order valence-corrected chi connectivity index (χ3v) is 5.70. The zero-order valence-electron chi connectivity index (χ0n) is 19.3. The maximum atomic E-state index is 12.2. The van der Waals surface area contributed by atoms with Crippen molar-refractivity contribution in [2.24, 2.45) is 11.7 Å². The maximum absolute atomic E-state index is 12.2. The minimum absolute atomic E-state index is 0.399. The van der Waals surface area contributed by atoms with Gasteiger partial charge < -0.3 is 9.47 Å². The Hall–Kier alpha value is -3.88. The average molecular weight is 449 g/mol. The lowest BCUT2D eigenvalue weighted by molar-refractivity contribution is 0.0945. The summed E-state index contributed by atoms with van der Waals surface area (Å²) in [6, 6.07) is 12.4. The van der Waals surface area contributed by atoms with Crippen LogP contribution in [0.15, 0.2) is 42.5 Å². The largest absolute Gasteiger partial charge is 0.496 e. The number of hydrogen-bond acceptors (Lipinski definition) is 6. The van der Waals surface area contributed by atoms with E-state index in [0.717, 1.165) is 38.9 Å². The van der Waals surface area contributed by atoms with Crippen LogP contribution in [-0.4, -0.2) is 26.0 Å². The summed E-state index contributed by atoms with van der Waals surface area (Å²) < 4.78 is 11.2. The van der Waals surface area contributed by atoms with E-state index in [0.29, 0.717) is 22.6 Å². The number of hydrogen-bond donors (Lipinski definition) is 4. The highest BCUT2D eigenvalue weighted by Gasteiger charge is 2.21. The zero-order chi connectivity index (χ0) is 24.3. The Balaban J connectivity index is 2.36. The van der Waals surface area contributed by atoms with E-state index >= 15 is 0 Å². The second-order valence-corrected chi connectivity index (χ2v) is 7.66. The Kier molecular flexibility index (Phi) is 7.01. The van der Waals surface area contributed by atoms with E-state index in [1.54, 1.807) is 50.6 Å². The molecular weight excluding hydrogens is 420 g/mol. The van der Waals surface area contributed by atoms with Crippen LogP contribution in [0.25, 0.3) is 22.3 Å². The molecule has 0 bridgehead atoms. The van der Waals surface area contributed by atoms with Crippen molar-refractivity contribution >= 4 is 11.8 Å². The van der Waals surface area contributed by atoms with Crippen molar-refractivity contribution in [2.75, 3.05) is 14.2 Å². The Morgan fingerprint density at radius 3 is 1.42 bits per heavy atom. The maximum Gasteiger partial charge on any atom is 0.265 e. The molecule has 0 saturated carbocycles. The van der Waals surface area contributed by atoms with E-state index in [2.05, 4.69) is 16.9 Å². The first kappa shape index (κ1) is 23.8. The number of methoxy groups -OCH3 is 2. The average Bonchev–Trinajstić information content (AvgIpc) is 2.82. The summed E-state index contributed by atoms with van der Waals surface area (Å²) in [5.74, 6) is 11.1. The van der Waals surface area contributed by atoms with Gasteiger partial charge in [-0.3, -0.25) is 20.4 Å². The van der Waals surface area contributed by atoms with Gasteiger partial charge >= 0.3 is 0 Å². The second-order valence-electron chi connectivity index (χ2n) is 7.66. The van der Waals surface area contributed by atoms with Gasteiger partial charge in [0.25, 0.3) is 11.8 Å². The molecule has 0 aliphatic heterocycles. The topological polar surface area (TPSA) is 129 Å². The molecule has 0 radical (unpaired) electrons. The number of nitrogens with one attached hydrogen (secondary N) is 2. The van der Waals surface area contributed by atoms with Crippen molar-refractivity contribution in [1.29, 1.82) is 0 Å². The highest BCUT2D eigenvalue weighted by Crippen LogP contribution is 2.43. The molecule has 0 saturated heterocycles. The number of aryl methyl sites for hydroxylation is 2. The van der Waals surface area contributed by atoms with Crippen molar-refractivity contribution in [3.05, 3.63) is 70.3 Å². The van der Waals surface area contributed by atoms with Crippen LogP contribution in [0.1, 0.15) is 37.4 Å². The van der Waals surface area contributed by atoms with Crippen LogP contribution in [-0.2, 0) is 0 Å². The van der Waals surface area contributed by atoms with Gasteiger partial charge in [-0.05, 0) is 85.0 Å². The van der Waals surface area contributed by atoms with E-state index in [9.17, 15) is 9.59 Å². The Labute approximate surface area is 192 Å². The van der Waals surface area contributed by atoms with Gasteiger partial charge in [-0.25, -0.2) is 11.7 Å². The van der Waals surface area contributed by atoms with Gasteiger partial charge in [0.2, 0.25) is 0 Å². The Morgan fingerprint density at radius 1 is 0.697 bits per heavy atom. The predicted octanol–water partition coefficient (Wildman–Crippen LogP) is 3.17. The fourth-order valence-corrected chi connectivity index (χ4v) is 4.27. The minimum Gasteiger partial charge on any atom is -0.496 e. The van der Waals surface area contributed by atoms with Crippen LogP contribution in [0.3, 0.4) is 0 Å². The molecule has 0 aliphatic rings. The first-order chi connectivity index (χ1) is 15.8. The normalized spacial score (nSPS) is 10.5. The molecule has 8 nitrogen and oxygen atoms in total. The van der Waals surface area contributed by atoms with Crippen LogP contribution < -0.4 is 32.0 Å². The van der Waals surface area contributed by atoms with Crippen LogP contribution in [0, 0.1) is 20.8 Å². The van der Waals surface area contributed by atoms with Gasteiger partial charge in [0, 0.05) is 22.3 Å². The lowest BCUT2D eigenvalue weighted by atomic mass is 9.85. The molecule has 0 fully saturated rings. The third-order valence-electron chi connectivity index (χ3n) is 5.70. The molecule has 0 spiro atoms. The summed E-state index contributed by atoms with van der Waals surface area (Å²) in [4.78, 5) is 24.4. The predicted molar refractivity (Wildman–Crippen MR) is 128 cm³/mol. The quantitative estimate of drug-likeness (QED) is 0.260. The molecule has 6 N–H and O–H groups in total. The molecule has 0 heterocycles. The van der Waals surface area contributed by atoms with Crippen molar-refractivity contribution < 1.29 is 19.1 Å². The lowest BCUT2D eigenvalue weighted by Crippen LogP contribution is -2.30. The minimum atomic E-state index is -0.399. The number of carbonyl (C=O) groups is 2. The summed E-state index contributed by atoms with van der Waals surface area (Å²) in [5, 5.41) is 0. The van der Waals surface area contributed by atoms with E-state index in [-0.39, 0.29) is 0 Å². The first-order valence-electron chi connectivity index (χ1n) is 10.3. The molecule has 33 heavy (non-hydrogen) atoms. The molecule has 0 atom stereocenters. The molecule has 3 aromatic rings. The number of benzene rings is 3. The summed E-state index contributed by atoms with van der Waals surface area (Å²) in [5.41, 5.74) is 11.4. The zero-order valence-corrected chi connectivity index (χ0v) is 19.3. The van der Waals surface area contributed by atoms with Gasteiger partial charge in [0.05, 0.1) is 14.2 Å². The summed E-state index contributed by atoms with van der Waals surface area (Å²) >= 11 is 0. The summed E-state index contributed by atoms with van der Waals surface area (Å²) in [7, 11) is 3.17. The van der Waals surface area contributed by atoms with Gasteiger partial charge in [-0.15, -0.1) is 0 Å². The van der Waals surface area contributed by atoms with E-state index in [1.807, 2.05) is 20.8 Å². The fraction of sp³-hybridized carbons (Fsp3) is 0.200. The summed E-state index contributed by atoms with van der Waals surface area (Å²) in [6.07, 6.45) is 0. The van der Waals surface area contributed by atoms with Crippen LogP contribution >= 0.6 is 0 Å². The van der Waals surface area contributed by atoms with E-state index in [4.69, 9.17) is 21.2 Å². The van der Waals surface area contributed by atoms with Gasteiger partial charge in [-0.2, -0.15) is 0 Å². The van der Waals surface area contributed by atoms with Crippen molar-refractivity contribution in [3.63, 3.8) is 0 Å². The molecule has 0 aromatic heterocycles. The number of nitrogens with two attached hydrogens (primary N) is 2. The molecule has 8 heteroatoms. The number of nitrogen functional groups attached to an aromatic ring is 2. The molecule has 2 amide bonds. The van der Waals surface area contributed by atoms with E-state index in [1.165, 1.54) is 0 Å². The number of rotatable bonds is 6. The number of hydrazine groups is 2. The van der Waals surface area contributed by atoms with Crippen molar-refractivity contribution in [2.45, 2.75) is 20.8 Å². The Bertz CT molecular complexity index is 1150. The monoisotopic (exact) mass is 448 g/mol. The molecule has 3 aromatic carbocycles. The van der Waals surface area contributed by atoms with Crippen LogP contribution in [0.4, 0.5) is 0 Å². The molecule has 0 aliphatic carbocycles. The number of amides is 2. The number of ether oxygens (including phenoxy) is 2. The smallest absolute Gasteiger partial charge is 0.265 e.